The topological polar surface area (TPSA) is 113 Å². The van der Waals surface area contributed by atoms with Crippen LogP contribution in [0.5, 0.6) is 0 Å². The number of likely N-dealkylation sites (tertiary alicyclic amines) is 1. The largest absolute Gasteiger partial charge is 0.458 e. The second-order valence-electron chi connectivity index (χ2n) is 14.3. The molecule has 1 aromatic rings. The summed E-state index contributed by atoms with van der Waals surface area (Å²) in [5.74, 6) is -1.85. The molecule has 1 aliphatic heterocycles. The first kappa shape index (κ1) is 30.6. The summed E-state index contributed by atoms with van der Waals surface area (Å²) in [6.07, 6.45) is 0.292. The van der Waals surface area contributed by atoms with E-state index in [0.29, 0.717) is 18.6 Å². The molecule has 3 unspecified atom stereocenters. The van der Waals surface area contributed by atoms with E-state index in [0.717, 1.165) is 25.9 Å². The monoisotopic (exact) mass is 613 g/mol. The van der Waals surface area contributed by atoms with Crippen LogP contribution in [-0.4, -0.2) is 112 Å². The molecule has 1 aromatic carbocycles. The van der Waals surface area contributed by atoms with Gasteiger partial charge in [-0.25, -0.2) is 4.79 Å². The molecular weight excluding hydrogens is 566 g/mol. The highest BCUT2D eigenvalue weighted by Gasteiger charge is 2.89. The van der Waals surface area contributed by atoms with Gasteiger partial charge in [-0.15, -0.1) is 0 Å². The Kier molecular flexibility index (Phi) is 7.27. The molecule has 1 spiro atoms. The first-order valence-electron chi connectivity index (χ1n) is 16.1. The molecule has 44 heavy (non-hydrogen) atoms. The van der Waals surface area contributed by atoms with Gasteiger partial charge in [-0.2, -0.15) is 0 Å². The quantitative estimate of drug-likeness (QED) is 0.417. The van der Waals surface area contributed by atoms with Gasteiger partial charge in [-0.05, 0) is 43.9 Å². The van der Waals surface area contributed by atoms with Crippen LogP contribution in [0.2, 0.25) is 0 Å². The molecule has 1 heterocycles. The molecule has 13 atom stereocenters. The third-order valence-corrected chi connectivity index (χ3v) is 13.0. The third kappa shape index (κ3) is 3.58. The van der Waals surface area contributed by atoms with Crippen LogP contribution in [0.4, 0.5) is 0 Å². The zero-order valence-electron chi connectivity index (χ0n) is 26.7. The van der Waals surface area contributed by atoms with Crippen LogP contribution in [0.3, 0.4) is 0 Å². The molecule has 1 saturated heterocycles. The average Bonchev–Trinajstić information content (AvgIpc) is 3.39. The Bertz CT molecular complexity index is 1290. The zero-order valence-corrected chi connectivity index (χ0v) is 26.7. The molecule has 242 valence electrons. The number of benzene rings is 1. The molecule has 5 saturated carbocycles. The van der Waals surface area contributed by atoms with E-state index in [4.69, 9.17) is 28.4 Å². The maximum atomic E-state index is 13.7. The highest BCUT2D eigenvalue weighted by atomic mass is 16.6. The van der Waals surface area contributed by atoms with Gasteiger partial charge in [0.1, 0.15) is 17.3 Å². The predicted octanol–water partition coefficient (Wildman–Crippen LogP) is 2.71. The van der Waals surface area contributed by atoms with Gasteiger partial charge in [-0.1, -0.05) is 25.1 Å². The van der Waals surface area contributed by atoms with Crippen LogP contribution in [-0.2, 0) is 33.2 Å². The minimum atomic E-state index is -1.48. The molecule has 6 aliphatic rings. The van der Waals surface area contributed by atoms with Crippen molar-refractivity contribution in [1.29, 1.82) is 0 Å². The number of ether oxygens (including phenoxy) is 6. The molecular formula is C34H47NO9. The van der Waals surface area contributed by atoms with Crippen molar-refractivity contribution in [1.82, 2.24) is 4.90 Å². The summed E-state index contributed by atoms with van der Waals surface area (Å²) in [7, 11) is 6.90. The lowest BCUT2D eigenvalue weighted by atomic mass is 9.43. The fourth-order valence-electron chi connectivity index (χ4n) is 12.3. The molecule has 0 amide bonds. The lowest BCUT2D eigenvalue weighted by Gasteiger charge is -2.69. The standard InChI is InChI=1S/C34H47NO9/c1-7-35-17-31(18-39-3)14-13-22(40-4)34-21-15-32(38)23(41-5)16-33(44-19(2)36,25(28(34)35)26(42-6)27(31)34)24(21)29(32)43-30(37)20-11-9-8-10-12-20/h8-12,21-29,38H,7,13-18H2,1-6H3/t21-,22+,23+,24-,25?,26+,27-,28?,29-,31+,32+,33-,34?/m1/s1. The van der Waals surface area contributed by atoms with Crippen LogP contribution in [0.25, 0.3) is 0 Å². The number of carbonyl (C=O) groups excluding carboxylic acids is 2. The molecule has 7 bridgehead atoms. The number of fused-ring (bicyclic) bond motifs is 2. The van der Waals surface area contributed by atoms with E-state index in [1.807, 2.05) is 6.07 Å². The number of hydrogen-bond donors (Lipinski definition) is 1. The summed E-state index contributed by atoms with van der Waals surface area (Å²) in [6.45, 7) is 5.84. The Morgan fingerprint density at radius 3 is 2.34 bits per heavy atom. The summed E-state index contributed by atoms with van der Waals surface area (Å²) in [4.78, 5) is 29.5. The van der Waals surface area contributed by atoms with Gasteiger partial charge >= 0.3 is 11.9 Å². The lowest BCUT2D eigenvalue weighted by Crippen LogP contribution is -2.77. The number of aliphatic hydroxyl groups is 1. The summed E-state index contributed by atoms with van der Waals surface area (Å²) in [5, 5.41) is 12.7. The summed E-state index contributed by atoms with van der Waals surface area (Å²) < 4.78 is 38.2. The van der Waals surface area contributed by atoms with Crippen LogP contribution < -0.4 is 0 Å². The molecule has 0 aromatic heterocycles. The van der Waals surface area contributed by atoms with Gasteiger partial charge in [0.2, 0.25) is 0 Å². The van der Waals surface area contributed by atoms with E-state index in [9.17, 15) is 14.7 Å². The van der Waals surface area contributed by atoms with Gasteiger partial charge in [0.15, 0.2) is 0 Å². The Hall–Kier alpha value is -2.08. The normalized spacial score (nSPS) is 48.2. The van der Waals surface area contributed by atoms with Gasteiger partial charge in [-0.3, -0.25) is 9.69 Å². The van der Waals surface area contributed by atoms with E-state index in [2.05, 4.69) is 11.8 Å². The van der Waals surface area contributed by atoms with Crippen molar-refractivity contribution in [2.24, 2.45) is 34.5 Å². The number of rotatable bonds is 9. The fourth-order valence-corrected chi connectivity index (χ4v) is 12.3. The van der Waals surface area contributed by atoms with Gasteiger partial charge in [0.05, 0.1) is 30.5 Å². The summed E-state index contributed by atoms with van der Waals surface area (Å²) >= 11 is 0. The predicted molar refractivity (Wildman–Crippen MR) is 158 cm³/mol. The number of esters is 2. The summed E-state index contributed by atoms with van der Waals surface area (Å²) in [6, 6.07) is 8.80. The Labute approximate surface area is 259 Å². The maximum Gasteiger partial charge on any atom is 0.338 e. The molecule has 7 rings (SSSR count). The molecule has 0 radical (unpaired) electrons. The van der Waals surface area contributed by atoms with Crippen LogP contribution in [0.15, 0.2) is 30.3 Å². The first-order chi connectivity index (χ1) is 21.1. The molecule has 10 heteroatoms. The number of methoxy groups -OCH3 is 4. The lowest BCUT2D eigenvalue weighted by molar-refractivity contribution is -0.287. The fraction of sp³-hybridized carbons (Fsp3) is 0.765. The van der Waals surface area contributed by atoms with Crippen LogP contribution in [0.1, 0.15) is 49.9 Å². The number of hydrogen-bond acceptors (Lipinski definition) is 10. The van der Waals surface area contributed by atoms with E-state index < -0.39 is 46.7 Å². The van der Waals surface area contributed by atoms with Crippen molar-refractivity contribution in [3.63, 3.8) is 0 Å². The Morgan fingerprint density at radius 1 is 1.00 bits per heavy atom. The third-order valence-electron chi connectivity index (χ3n) is 13.0. The second kappa shape index (κ2) is 10.5. The SMILES string of the molecule is CCN1C[C@]2(COC)CC[C@H](OC)C34C1C([C@H](OC)[C@@H]32)[C@@]1(OC(C)=O)C[C@H](OC)[C@@]2(O)C[C@@H]4[C@@H]1[C@H]2OC(=O)c1ccccc1. The van der Waals surface area contributed by atoms with E-state index >= 15 is 0 Å². The van der Waals surface area contributed by atoms with Crippen molar-refractivity contribution in [2.75, 3.05) is 48.1 Å². The maximum absolute atomic E-state index is 13.7. The second-order valence-corrected chi connectivity index (χ2v) is 14.3. The molecule has 1 N–H and O–H groups in total. The highest BCUT2D eigenvalue weighted by Crippen LogP contribution is 2.80. The minimum Gasteiger partial charge on any atom is -0.458 e. The number of piperidine rings is 1. The zero-order chi connectivity index (χ0) is 31.2. The highest BCUT2D eigenvalue weighted by molar-refractivity contribution is 5.89. The molecule has 6 fully saturated rings. The molecule has 10 nitrogen and oxygen atoms in total. The average molecular weight is 614 g/mol. The van der Waals surface area contributed by atoms with Crippen LogP contribution in [0, 0.1) is 34.5 Å². The van der Waals surface area contributed by atoms with E-state index in [-0.39, 0.29) is 47.8 Å². The van der Waals surface area contributed by atoms with Gasteiger partial charge in [0, 0.05) is 83.0 Å². The molecule has 5 aliphatic carbocycles. The van der Waals surface area contributed by atoms with E-state index in [1.54, 1.807) is 52.7 Å². The number of carbonyl (C=O) groups is 2. The first-order valence-corrected chi connectivity index (χ1v) is 16.1. The van der Waals surface area contributed by atoms with Crippen molar-refractivity contribution < 1.29 is 43.1 Å². The Balaban J connectivity index is 1.49. The smallest absolute Gasteiger partial charge is 0.338 e. The summed E-state index contributed by atoms with van der Waals surface area (Å²) in [5.41, 5.74) is -2.88. The van der Waals surface area contributed by atoms with Crippen molar-refractivity contribution in [2.45, 2.75) is 81.2 Å². The van der Waals surface area contributed by atoms with E-state index in [1.165, 1.54) is 6.92 Å². The van der Waals surface area contributed by atoms with Gasteiger partial charge < -0.3 is 33.5 Å². The Morgan fingerprint density at radius 2 is 1.73 bits per heavy atom. The number of nitrogens with zero attached hydrogens (tertiary/aromatic N) is 1. The van der Waals surface area contributed by atoms with Crippen molar-refractivity contribution in [3.8, 4) is 0 Å². The van der Waals surface area contributed by atoms with Crippen LogP contribution >= 0.6 is 0 Å². The minimum absolute atomic E-state index is 0.0216. The van der Waals surface area contributed by atoms with Crippen molar-refractivity contribution in [3.05, 3.63) is 35.9 Å². The van der Waals surface area contributed by atoms with Gasteiger partial charge in [0.25, 0.3) is 0 Å². The van der Waals surface area contributed by atoms with Crippen molar-refractivity contribution >= 4 is 11.9 Å².